The highest BCUT2D eigenvalue weighted by Gasteiger charge is 2.10. The van der Waals surface area contributed by atoms with Crippen molar-refractivity contribution in [2.24, 2.45) is 0 Å². The largest absolute Gasteiger partial charge is 0.495 e. The Balaban J connectivity index is 2.08. The van der Waals surface area contributed by atoms with Gasteiger partial charge in [0.15, 0.2) is 0 Å². The average Bonchev–Trinajstić information content (AvgIpc) is 2.89. The maximum Gasteiger partial charge on any atom is 0.335 e. The fraction of sp³-hybridized carbons (Fsp3) is 0.0667. The number of imidazole rings is 1. The number of halogens is 1. The lowest BCUT2D eigenvalue weighted by molar-refractivity contribution is 0.0697. The molecule has 1 aromatic heterocycles. The van der Waals surface area contributed by atoms with Crippen LogP contribution < -0.4 is 4.74 Å². The minimum atomic E-state index is -0.972. The zero-order chi connectivity index (χ0) is 15.0. The number of carbonyl (C=O) groups is 1. The third-order valence-electron chi connectivity index (χ3n) is 3.15. The van der Waals surface area contributed by atoms with Crippen LogP contribution in [0.4, 0.5) is 0 Å². The van der Waals surface area contributed by atoms with Crippen LogP contribution in [0.1, 0.15) is 10.4 Å². The molecule has 0 unspecified atom stereocenters. The summed E-state index contributed by atoms with van der Waals surface area (Å²) in [6.45, 7) is 0. The Morgan fingerprint density at radius 1 is 1.29 bits per heavy atom. The first-order valence-electron chi connectivity index (χ1n) is 6.15. The van der Waals surface area contributed by atoms with Gasteiger partial charge in [-0.2, -0.15) is 0 Å². The first-order chi connectivity index (χ1) is 10.1. The van der Waals surface area contributed by atoms with E-state index in [2.05, 4.69) is 9.97 Å². The number of rotatable bonds is 3. The maximum absolute atomic E-state index is 11.0. The summed E-state index contributed by atoms with van der Waals surface area (Å²) in [6, 6.07) is 10.1. The highest BCUT2D eigenvalue weighted by atomic mass is 35.5. The topological polar surface area (TPSA) is 75.2 Å². The van der Waals surface area contributed by atoms with Crippen LogP contribution in [0.3, 0.4) is 0 Å². The van der Waals surface area contributed by atoms with Crippen molar-refractivity contribution in [2.75, 3.05) is 7.11 Å². The van der Waals surface area contributed by atoms with Crippen molar-refractivity contribution in [3.8, 4) is 17.1 Å². The SMILES string of the molecule is COc1ccc(-c2nc3ccc(C(=O)O)cc3[nH]2)cc1Cl. The number of carboxylic acid groups (broad SMARTS) is 1. The predicted molar refractivity (Wildman–Crippen MR) is 80.1 cm³/mol. The summed E-state index contributed by atoms with van der Waals surface area (Å²) in [5.74, 6) is 0.238. The molecule has 6 heteroatoms. The number of nitrogens with one attached hydrogen (secondary N) is 1. The Kier molecular flexibility index (Phi) is 3.27. The molecule has 1 heterocycles. The van der Waals surface area contributed by atoms with Crippen LogP contribution >= 0.6 is 11.6 Å². The molecular formula is C15H11ClN2O3. The van der Waals surface area contributed by atoms with E-state index in [4.69, 9.17) is 21.4 Å². The van der Waals surface area contributed by atoms with E-state index in [1.165, 1.54) is 6.07 Å². The number of aromatic amines is 1. The molecule has 0 spiro atoms. The van der Waals surface area contributed by atoms with E-state index in [0.29, 0.717) is 27.6 Å². The van der Waals surface area contributed by atoms with Gasteiger partial charge in [-0.05, 0) is 36.4 Å². The summed E-state index contributed by atoms with van der Waals surface area (Å²) in [4.78, 5) is 18.5. The van der Waals surface area contributed by atoms with Crippen molar-refractivity contribution < 1.29 is 14.6 Å². The van der Waals surface area contributed by atoms with E-state index in [1.807, 2.05) is 6.07 Å². The molecule has 0 aliphatic carbocycles. The molecule has 0 amide bonds. The van der Waals surface area contributed by atoms with E-state index >= 15 is 0 Å². The number of carboxylic acids is 1. The monoisotopic (exact) mass is 302 g/mol. The van der Waals surface area contributed by atoms with E-state index < -0.39 is 5.97 Å². The Bertz CT molecular complexity index is 842. The molecule has 2 aromatic carbocycles. The molecule has 0 radical (unpaired) electrons. The van der Waals surface area contributed by atoms with Crippen LogP contribution in [0.15, 0.2) is 36.4 Å². The van der Waals surface area contributed by atoms with Gasteiger partial charge in [0.25, 0.3) is 0 Å². The van der Waals surface area contributed by atoms with Crippen LogP contribution in [0.5, 0.6) is 5.75 Å². The quantitative estimate of drug-likeness (QED) is 0.775. The van der Waals surface area contributed by atoms with Crippen LogP contribution in [-0.2, 0) is 0 Å². The second kappa shape index (κ2) is 5.10. The fourth-order valence-corrected chi connectivity index (χ4v) is 2.35. The van der Waals surface area contributed by atoms with Crippen LogP contribution in [0, 0.1) is 0 Å². The van der Waals surface area contributed by atoms with Gasteiger partial charge in [0.05, 0.1) is 28.7 Å². The molecule has 0 fully saturated rings. The van der Waals surface area contributed by atoms with Gasteiger partial charge >= 0.3 is 5.97 Å². The molecule has 0 aliphatic heterocycles. The number of nitrogens with zero attached hydrogens (tertiary/aromatic N) is 1. The Labute approximate surface area is 125 Å². The summed E-state index contributed by atoms with van der Waals surface area (Å²) in [6.07, 6.45) is 0. The van der Waals surface area contributed by atoms with E-state index in [0.717, 1.165) is 5.56 Å². The van der Waals surface area contributed by atoms with E-state index in [9.17, 15) is 4.79 Å². The third-order valence-corrected chi connectivity index (χ3v) is 3.45. The van der Waals surface area contributed by atoms with Gasteiger partial charge in [-0.3, -0.25) is 0 Å². The molecule has 0 saturated heterocycles. The van der Waals surface area contributed by atoms with Gasteiger partial charge in [0.1, 0.15) is 11.6 Å². The Morgan fingerprint density at radius 3 is 2.76 bits per heavy atom. The van der Waals surface area contributed by atoms with Crippen molar-refractivity contribution >= 4 is 28.6 Å². The molecule has 3 aromatic rings. The molecule has 21 heavy (non-hydrogen) atoms. The average molecular weight is 303 g/mol. The van der Waals surface area contributed by atoms with Gasteiger partial charge in [0, 0.05) is 5.56 Å². The number of benzene rings is 2. The molecule has 3 rings (SSSR count). The van der Waals surface area contributed by atoms with Gasteiger partial charge in [-0.25, -0.2) is 9.78 Å². The molecule has 0 saturated carbocycles. The lowest BCUT2D eigenvalue weighted by Gasteiger charge is -2.03. The lowest BCUT2D eigenvalue weighted by Crippen LogP contribution is -1.94. The summed E-state index contributed by atoms with van der Waals surface area (Å²) in [5.41, 5.74) is 2.37. The summed E-state index contributed by atoms with van der Waals surface area (Å²) < 4.78 is 5.11. The van der Waals surface area contributed by atoms with E-state index in [-0.39, 0.29) is 5.56 Å². The predicted octanol–water partition coefficient (Wildman–Crippen LogP) is 3.59. The summed E-state index contributed by atoms with van der Waals surface area (Å²) >= 11 is 6.10. The summed E-state index contributed by atoms with van der Waals surface area (Å²) in [7, 11) is 1.55. The second-order valence-corrected chi connectivity index (χ2v) is 4.88. The number of hydrogen-bond acceptors (Lipinski definition) is 3. The normalized spacial score (nSPS) is 10.8. The van der Waals surface area contributed by atoms with Crippen molar-refractivity contribution in [1.29, 1.82) is 0 Å². The lowest BCUT2D eigenvalue weighted by atomic mass is 10.2. The maximum atomic E-state index is 11.0. The number of H-pyrrole nitrogens is 1. The number of hydrogen-bond donors (Lipinski definition) is 2. The molecule has 0 bridgehead atoms. The first-order valence-corrected chi connectivity index (χ1v) is 6.53. The van der Waals surface area contributed by atoms with Crippen molar-refractivity contribution in [3.63, 3.8) is 0 Å². The van der Waals surface area contributed by atoms with Crippen LogP contribution in [-0.4, -0.2) is 28.2 Å². The van der Waals surface area contributed by atoms with Gasteiger partial charge in [-0.15, -0.1) is 0 Å². The van der Waals surface area contributed by atoms with E-state index in [1.54, 1.807) is 31.4 Å². The molecule has 0 atom stereocenters. The Morgan fingerprint density at radius 2 is 2.10 bits per heavy atom. The number of aromatic carboxylic acids is 1. The highest BCUT2D eigenvalue weighted by Crippen LogP contribution is 2.30. The minimum absolute atomic E-state index is 0.213. The minimum Gasteiger partial charge on any atom is -0.495 e. The van der Waals surface area contributed by atoms with Crippen LogP contribution in [0.25, 0.3) is 22.4 Å². The molecular weight excluding hydrogens is 292 g/mol. The zero-order valence-electron chi connectivity index (χ0n) is 11.1. The second-order valence-electron chi connectivity index (χ2n) is 4.47. The Hall–Kier alpha value is -2.53. The van der Waals surface area contributed by atoms with Crippen molar-refractivity contribution in [1.82, 2.24) is 9.97 Å². The highest BCUT2D eigenvalue weighted by molar-refractivity contribution is 6.32. The molecule has 106 valence electrons. The smallest absolute Gasteiger partial charge is 0.335 e. The standard InChI is InChI=1S/C15H11ClN2O3/c1-21-13-5-3-8(6-10(13)16)14-17-11-4-2-9(15(19)20)7-12(11)18-14/h2-7H,1H3,(H,17,18)(H,19,20). The number of methoxy groups -OCH3 is 1. The number of ether oxygens (including phenoxy) is 1. The number of fused-ring (bicyclic) bond motifs is 1. The zero-order valence-corrected chi connectivity index (χ0v) is 11.8. The third kappa shape index (κ3) is 2.43. The van der Waals surface area contributed by atoms with Gasteiger partial charge in [0.2, 0.25) is 0 Å². The van der Waals surface area contributed by atoms with Crippen molar-refractivity contribution in [2.45, 2.75) is 0 Å². The summed E-state index contributed by atoms with van der Waals surface area (Å²) in [5, 5.41) is 9.48. The van der Waals surface area contributed by atoms with Gasteiger partial charge in [-0.1, -0.05) is 11.6 Å². The van der Waals surface area contributed by atoms with Gasteiger partial charge < -0.3 is 14.8 Å². The van der Waals surface area contributed by atoms with Crippen LogP contribution in [0.2, 0.25) is 5.02 Å². The first kappa shape index (κ1) is 13.5. The molecule has 5 nitrogen and oxygen atoms in total. The molecule has 0 aliphatic rings. The fourth-order valence-electron chi connectivity index (χ4n) is 2.09. The number of aromatic nitrogens is 2. The van der Waals surface area contributed by atoms with Crippen molar-refractivity contribution in [3.05, 3.63) is 47.0 Å². The molecule has 2 N–H and O–H groups in total.